The van der Waals surface area contributed by atoms with E-state index >= 15 is 0 Å². The first-order chi connectivity index (χ1) is 8.86. The average molecular weight is 349 g/mol. The van der Waals surface area contributed by atoms with Crippen molar-refractivity contribution in [1.82, 2.24) is 4.72 Å². The summed E-state index contributed by atoms with van der Waals surface area (Å²) >= 11 is 3.26. The number of nitrogens with two attached hydrogens (primary N) is 1. The maximum Gasteiger partial charge on any atom is 0.242 e. The number of nitrogens with one attached hydrogen (secondary N) is 1. The highest BCUT2D eigenvalue weighted by Crippen LogP contribution is 2.23. The third-order valence-electron chi connectivity index (χ3n) is 2.86. The quantitative estimate of drug-likeness (QED) is 0.586. The van der Waals surface area contributed by atoms with E-state index in [0.717, 1.165) is 25.7 Å². The summed E-state index contributed by atoms with van der Waals surface area (Å²) in [5, 5.41) is 0. The summed E-state index contributed by atoms with van der Waals surface area (Å²) < 4.78 is 27.8. The molecular formula is C13H21BrN2O2S. The van der Waals surface area contributed by atoms with E-state index in [1.165, 1.54) is 6.07 Å². The molecule has 0 radical (unpaired) electrons. The first-order valence-electron chi connectivity index (χ1n) is 6.44. The Morgan fingerprint density at radius 1 is 1.37 bits per heavy atom. The fraction of sp³-hybridized carbons (Fsp3) is 0.538. The van der Waals surface area contributed by atoms with Crippen molar-refractivity contribution >= 4 is 31.6 Å². The SMILES string of the molecule is CCCCCC(C)NS(=O)(=O)c1cc(Br)ccc1N. The Labute approximate surface area is 124 Å². The molecule has 0 saturated carbocycles. The van der Waals surface area contributed by atoms with Gasteiger partial charge >= 0.3 is 0 Å². The summed E-state index contributed by atoms with van der Waals surface area (Å²) in [5.41, 5.74) is 5.99. The van der Waals surface area contributed by atoms with Crippen molar-refractivity contribution in [2.45, 2.75) is 50.5 Å². The molecule has 1 aromatic rings. The summed E-state index contributed by atoms with van der Waals surface area (Å²) in [6.45, 7) is 4.00. The Kier molecular flexibility index (Phi) is 6.29. The fourth-order valence-corrected chi connectivity index (χ4v) is 3.78. The molecule has 108 valence electrons. The van der Waals surface area contributed by atoms with Crippen LogP contribution in [0.4, 0.5) is 5.69 Å². The van der Waals surface area contributed by atoms with Gasteiger partial charge in [0, 0.05) is 10.5 Å². The Hall–Kier alpha value is -0.590. The lowest BCUT2D eigenvalue weighted by atomic mass is 10.1. The van der Waals surface area contributed by atoms with Crippen LogP contribution in [0.1, 0.15) is 39.5 Å². The van der Waals surface area contributed by atoms with Crippen molar-refractivity contribution < 1.29 is 8.42 Å². The van der Waals surface area contributed by atoms with E-state index in [4.69, 9.17) is 5.73 Å². The zero-order chi connectivity index (χ0) is 14.5. The summed E-state index contributed by atoms with van der Waals surface area (Å²) in [6.07, 6.45) is 4.10. The van der Waals surface area contributed by atoms with E-state index in [0.29, 0.717) is 4.47 Å². The molecule has 0 aliphatic heterocycles. The average Bonchev–Trinajstić information content (AvgIpc) is 2.32. The van der Waals surface area contributed by atoms with E-state index in [9.17, 15) is 8.42 Å². The highest BCUT2D eigenvalue weighted by atomic mass is 79.9. The molecule has 19 heavy (non-hydrogen) atoms. The first-order valence-corrected chi connectivity index (χ1v) is 8.71. The molecule has 0 aliphatic rings. The molecule has 0 saturated heterocycles. The van der Waals surface area contributed by atoms with Gasteiger partial charge in [-0.1, -0.05) is 42.1 Å². The maximum atomic E-state index is 12.2. The van der Waals surface area contributed by atoms with Crippen LogP contribution in [0.25, 0.3) is 0 Å². The number of sulfonamides is 1. The second kappa shape index (κ2) is 7.26. The van der Waals surface area contributed by atoms with Crippen molar-refractivity contribution in [3.63, 3.8) is 0 Å². The van der Waals surface area contributed by atoms with Crippen LogP contribution in [0, 0.1) is 0 Å². The van der Waals surface area contributed by atoms with Crippen LogP contribution in [0.5, 0.6) is 0 Å². The molecule has 0 heterocycles. The number of nitrogen functional groups attached to an aromatic ring is 1. The number of hydrogen-bond donors (Lipinski definition) is 2. The van der Waals surface area contributed by atoms with Crippen molar-refractivity contribution in [1.29, 1.82) is 0 Å². The predicted octanol–water partition coefficient (Wildman–Crippen LogP) is 3.28. The molecular weight excluding hydrogens is 328 g/mol. The van der Waals surface area contributed by atoms with Crippen LogP contribution in [-0.2, 0) is 10.0 Å². The molecule has 1 rings (SSSR count). The molecule has 0 spiro atoms. The first kappa shape index (κ1) is 16.5. The van der Waals surface area contributed by atoms with Gasteiger partial charge in [-0.2, -0.15) is 0 Å². The van der Waals surface area contributed by atoms with Gasteiger partial charge in [-0.15, -0.1) is 0 Å². The fourth-order valence-electron chi connectivity index (χ4n) is 1.83. The van der Waals surface area contributed by atoms with Gasteiger partial charge in [0.05, 0.1) is 5.69 Å². The molecule has 3 N–H and O–H groups in total. The Morgan fingerprint density at radius 2 is 2.05 bits per heavy atom. The highest BCUT2D eigenvalue weighted by molar-refractivity contribution is 9.10. The van der Waals surface area contributed by atoms with Crippen molar-refractivity contribution in [3.8, 4) is 0 Å². The maximum absolute atomic E-state index is 12.2. The van der Waals surface area contributed by atoms with Crippen LogP contribution in [0.15, 0.2) is 27.6 Å². The van der Waals surface area contributed by atoms with Crippen molar-refractivity contribution in [2.75, 3.05) is 5.73 Å². The molecule has 4 nitrogen and oxygen atoms in total. The number of rotatable bonds is 7. The lowest BCUT2D eigenvalue weighted by Crippen LogP contribution is -2.33. The third kappa shape index (κ3) is 5.12. The van der Waals surface area contributed by atoms with Gasteiger partial charge in [-0.3, -0.25) is 0 Å². The molecule has 0 aliphatic carbocycles. The molecule has 1 aromatic carbocycles. The third-order valence-corrected chi connectivity index (χ3v) is 5.00. The van der Waals surface area contributed by atoms with Crippen LogP contribution in [0.3, 0.4) is 0 Å². The summed E-state index contributed by atoms with van der Waals surface area (Å²) in [7, 11) is -3.55. The van der Waals surface area contributed by atoms with Gasteiger partial charge in [0.1, 0.15) is 4.90 Å². The second-order valence-electron chi connectivity index (χ2n) is 4.70. The minimum absolute atomic E-state index is 0.0880. The number of halogens is 1. The second-order valence-corrected chi connectivity index (χ2v) is 7.30. The molecule has 0 bridgehead atoms. The minimum atomic E-state index is -3.55. The Morgan fingerprint density at radius 3 is 2.68 bits per heavy atom. The Balaban J connectivity index is 2.78. The standard InChI is InChI=1S/C13H21BrN2O2S/c1-3-4-5-6-10(2)16-19(17,18)13-9-11(14)7-8-12(13)15/h7-10,16H,3-6,15H2,1-2H3. The topological polar surface area (TPSA) is 72.2 Å². The van der Waals surface area contributed by atoms with Gasteiger partial charge in [0.15, 0.2) is 0 Å². The summed E-state index contributed by atoms with van der Waals surface area (Å²) in [4.78, 5) is 0.129. The van der Waals surface area contributed by atoms with Crippen LogP contribution in [-0.4, -0.2) is 14.5 Å². The highest BCUT2D eigenvalue weighted by Gasteiger charge is 2.20. The van der Waals surface area contributed by atoms with Crippen LogP contribution >= 0.6 is 15.9 Å². The van der Waals surface area contributed by atoms with Gasteiger partial charge in [0.25, 0.3) is 0 Å². The molecule has 6 heteroatoms. The molecule has 1 unspecified atom stereocenters. The van der Waals surface area contributed by atoms with Gasteiger partial charge in [-0.05, 0) is 31.5 Å². The number of hydrogen-bond acceptors (Lipinski definition) is 3. The normalized spacial score (nSPS) is 13.4. The number of benzene rings is 1. The van der Waals surface area contributed by atoms with Gasteiger partial charge in [-0.25, -0.2) is 13.1 Å². The zero-order valence-electron chi connectivity index (χ0n) is 11.3. The van der Waals surface area contributed by atoms with E-state index in [2.05, 4.69) is 27.6 Å². The lowest BCUT2D eigenvalue weighted by molar-refractivity contribution is 0.527. The summed E-state index contributed by atoms with van der Waals surface area (Å²) in [6, 6.07) is 4.74. The molecule has 0 fully saturated rings. The minimum Gasteiger partial charge on any atom is -0.398 e. The van der Waals surface area contributed by atoms with Gasteiger partial charge in [0.2, 0.25) is 10.0 Å². The number of unbranched alkanes of at least 4 members (excludes halogenated alkanes) is 2. The lowest BCUT2D eigenvalue weighted by Gasteiger charge is -2.15. The number of anilines is 1. The zero-order valence-corrected chi connectivity index (χ0v) is 13.7. The molecule has 0 aromatic heterocycles. The summed E-state index contributed by atoms with van der Waals surface area (Å²) in [5.74, 6) is 0. The van der Waals surface area contributed by atoms with Crippen LogP contribution < -0.4 is 10.5 Å². The van der Waals surface area contributed by atoms with Crippen LogP contribution in [0.2, 0.25) is 0 Å². The van der Waals surface area contributed by atoms with E-state index in [1.54, 1.807) is 12.1 Å². The van der Waals surface area contributed by atoms with E-state index in [1.807, 2.05) is 6.92 Å². The largest absolute Gasteiger partial charge is 0.398 e. The predicted molar refractivity (Wildman–Crippen MR) is 82.5 cm³/mol. The molecule has 0 amide bonds. The van der Waals surface area contributed by atoms with E-state index < -0.39 is 10.0 Å². The smallest absolute Gasteiger partial charge is 0.242 e. The van der Waals surface area contributed by atoms with Crippen molar-refractivity contribution in [2.24, 2.45) is 0 Å². The van der Waals surface area contributed by atoms with Crippen molar-refractivity contribution in [3.05, 3.63) is 22.7 Å². The van der Waals surface area contributed by atoms with E-state index in [-0.39, 0.29) is 16.6 Å². The molecule has 1 atom stereocenters. The Bertz CT molecular complexity index is 517. The van der Waals surface area contributed by atoms with Gasteiger partial charge < -0.3 is 5.73 Å². The monoisotopic (exact) mass is 348 g/mol.